The molecule has 3 rings (SSSR count). The molecule has 2 atom stereocenters. The van der Waals surface area contributed by atoms with Crippen molar-refractivity contribution >= 4 is 26.8 Å². The summed E-state index contributed by atoms with van der Waals surface area (Å²) >= 11 is 0. The predicted octanol–water partition coefficient (Wildman–Crippen LogP) is 0.144. The molecule has 1 aromatic carbocycles. The fourth-order valence-corrected chi connectivity index (χ4v) is 5.87. The quantitative estimate of drug-likeness (QED) is 0.205. The molecule has 38 heavy (non-hydrogen) atoms. The van der Waals surface area contributed by atoms with Crippen molar-refractivity contribution < 1.29 is 37.7 Å². The molecule has 2 heterocycles. The maximum absolute atomic E-state index is 13.3. The SMILES string of the molecule is Cc1cn(COC(=O)C(C)(C)COCC(O)CO[N+](=O)[O-])c(=O)c2cccc(S(=O)(=O)N3CC[C@H](N)C3)c12. The number of nitrogens with zero attached hydrogens (tertiary/aromatic N) is 3. The molecule has 1 saturated heterocycles. The van der Waals surface area contributed by atoms with Gasteiger partial charge in [0.05, 0.1) is 23.5 Å². The molecule has 0 aliphatic carbocycles. The Morgan fingerprint density at radius 1 is 1.34 bits per heavy atom. The summed E-state index contributed by atoms with van der Waals surface area (Å²) in [4.78, 5) is 40.1. The fourth-order valence-electron chi connectivity index (χ4n) is 4.08. The normalized spacial score (nSPS) is 17.4. The lowest BCUT2D eigenvalue weighted by Crippen LogP contribution is -2.35. The van der Waals surface area contributed by atoms with Crippen molar-refractivity contribution in [2.45, 2.75) is 51.0 Å². The van der Waals surface area contributed by atoms with Crippen molar-refractivity contribution in [1.82, 2.24) is 8.87 Å². The molecule has 0 spiro atoms. The van der Waals surface area contributed by atoms with Crippen molar-refractivity contribution in [1.29, 1.82) is 0 Å². The van der Waals surface area contributed by atoms with Gasteiger partial charge in [-0.25, -0.2) is 8.42 Å². The van der Waals surface area contributed by atoms with Gasteiger partial charge in [-0.2, -0.15) is 4.31 Å². The van der Waals surface area contributed by atoms with E-state index in [1.54, 1.807) is 6.92 Å². The van der Waals surface area contributed by atoms with Gasteiger partial charge < -0.3 is 25.2 Å². The lowest BCUT2D eigenvalue weighted by molar-refractivity contribution is -0.759. The van der Waals surface area contributed by atoms with Gasteiger partial charge in [-0.15, -0.1) is 10.1 Å². The van der Waals surface area contributed by atoms with Gasteiger partial charge in [-0.3, -0.25) is 14.2 Å². The smallest absolute Gasteiger partial charge is 0.315 e. The van der Waals surface area contributed by atoms with Gasteiger partial charge in [-0.05, 0) is 44.9 Å². The molecule has 3 N–H and O–H groups in total. The highest BCUT2D eigenvalue weighted by molar-refractivity contribution is 7.89. The first-order valence-corrected chi connectivity index (χ1v) is 13.3. The number of aromatic nitrogens is 1. The molecule has 0 saturated carbocycles. The Labute approximate surface area is 219 Å². The van der Waals surface area contributed by atoms with Crippen LogP contribution in [0.3, 0.4) is 0 Å². The molecule has 1 aliphatic heterocycles. The summed E-state index contributed by atoms with van der Waals surface area (Å²) in [5.41, 5.74) is 4.70. The summed E-state index contributed by atoms with van der Waals surface area (Å²) in [6, 6.07) is 4.23. The molecule has 15 heteroatoms. The maximum Gasteiger partial charge on any atom is 0.315 e. The number of hydrogen-bond donors (Lipinski definition) is 2. The third kappa shape index (κ3) is 6.66. The molecule has 210 valence electrons. The van der Waals surface area contributed by atoms with E-state index in [-0.39, 0.29) is 36.1 Å². The number of aliphatic hydroxyl groups excluding tert-OH is 1. The second-order valence-electron chi connectivity index (χ2n) is 9.81. The van der Waals surface area contributed by atoms with Crippen molar-refractivity contribution in [2.24, 2.45) is 11.1 Å². The average Bonchev–Trinajstić information content (AvgIpc) is 3.30. The van der Waals surface area contributed by atoms with E-state index in [2.05, 4.69) is 4.84 Å². The first-order valence-electron chi connectivity index (χ1n) is 11.8. The summed E-state index contributed by atoms with van der Waals surface area (Å²) in [6.07, 6.45) is 0.725. The standard InChI is InChI=1S/C23H32N4O10S/c1-15-9-25(14-36-22(30)23(2,3)13-35-11-17(28)12-37-27(31)32)21(29)18-5-4-6-19(20(15)18)38(33,34)26-8-7-16(24)10-26/h4-6,9,16-17,28H,7-8,10-14,24H2,1-3H3/t16-,17?/m0/s1. The molecule has 2 aromatic rings. The van der Waals surface area contributed by atoms with Crippen LogP contribution >= 0.6 is 0 Å². The minimum Gasteiger partial charge on any atom is -0.443 e. The van der Waals surface area contributed by atoms with Crippen LogP contribution in [0.1, 0.15) is 25.8 Å². The number of pyridine rings is 1. The van der Waals surface area contributed by atoms with Gasteiger partial charge >= 0.3 is 5.97 Å². The monoisotopic (exact) mass is 556 g/mol. The Morgan fingerprint density at radius 3 is 2.68 bits per heavy atom. The lowest BCUT2D eigenvalue weighted by atomic mass is 9.95. The summed E-state index contributed by atoms with van der Waals surface area (Å²) in [6.45, 7) is 3.77. The molecule has 0 radical (unpaired) electrons. The second-order valence-corrected chi connectivity index (χ2v) is 11.7. The number of fused-ring (bicyclic) bond motifs is 1. The summed E-state index contributed by atoms with van der Waals surface area (Å²) in [7, 11) is -3.87. The van der Waals surface area contributed by atoms with E-state index in [1.807, 2.05) is 0 Å². The molecule has 1 fully saturated rings. The van der Waals surface area contributed by atoms with Gasteiger partial charge in [0, 0.05) is 36.1 Å². The number of esters is 1. The van der Waals surface area contributed by atoms with Crippen molar-refractivity contribution in [3.63, 3.8) is 0 Å². The van der Waals surface area contributed by atoms with Crippen LogP contribution in [-0.2, 0) is 35.9 Å². The number of sulfonamides is 1. The largest absolute Gasteiger partial charge is 0.443 e. The zero-order valence-electron chi connectivity index (χ0n) is 21.4. The Bertz CT molecular complexity index is 1360. The third-order valence-electron chi connectivity index (χ3n) is 6.10. The highest BCUT2D eigenvalue weighted by atomic mass is 32.2. The van der Waals surface area contributed by atoms with Crippen LogP contribution < -0.4 is 11.3 Å². The van der Waals surface area contributed by atoms with E-state index in [4.69, 9.17) is 15.2 Å². The number of rotatable bonds is 12. The molecule has 0 bridgehead atoms. The number of hydrogen-bond acceptors (Lipinski definition) is 11. The Hall–Kier alpha value is -3.11. The van der Waals surface area contributed by atoms with Crippen molar-refractivity contribution in [3.8, 4) is 0 Å². The number of ether oxygens (including phenoxy) is 2. The van der Waals surface area contributed by atoms with Crippen LogP contribution in [0, 0.1) is 22.5 Å². The molecular formula is C23H32N4O10S. The van der Waals surface area contributed by atoms with E-state index in [0.717, 1.165) is 0 Å². The molecule has 14 nitrogen and oxygen atoms in total. The van der Waals surface area contributed by atoms with Gasteiger partial charge in [0.15, 0.2) is 6.73 Å². The minimum atomic E-state index is -3.87. The van der Waals surface area contributed by atoms with E-state index < -0.39 is 51.5 Å². The van der Waals surface area contributed by atoms with E-state index >= 15 is 0 Å². The number of aryl methyl sites for hydroxylation is 1. The zero-order chi connectivity index (χ0) is 28.3. The molecule has 1 unspecified atom stereocenters. The molecule has 1 aliphatic rings. The fraction of sp³-hybridized carbons (Fsp3) is 0.565. The number of carbonyl (C=O) groups excluding carboxylic acids is 1. The van der Waals surface area contributed by atoms with E-state index in [1.165, 1.54) is 47.1 Å². The van der Waals surface area contributed by atoms with Crippen LogP contribution in [0.4, 0.5) is 0 Å². The van der Waals surface area contributed by atoms with Gasteiger partial charge in [0.1, 0.15) is 12.7 Å². The first kappa shape index (κ1) is 29.4. The number of nitrogens with two attached hydrogens (primary N) is 1. The van der Waals surface area contributed by atoms with Gasteiger partial charge in [0.25, 0.3) is 10.6 Å². The van der Waals surface area contributed by atoms with Crippen LogP contribution in [0.15, 0.2) is 34.1 Å². The predicted molar refractivity (Wildman–Crippen MR) is 134 cm³/mol. The number of benzene rings is 1. The Morgan fingerprint density at radius 2 is 2.05 bits per heavy atom. The average molecular weight is 557 g/mol. The van der Waals surface area contributed by atoms with Crippen LogP contribution in [-0.4, -0.2) is 78.5 Å². The second kappa shape index (κ2) is 11.7. The lowest BCUT2D eigenvalue weighted by Gasteiger charge is -2.23. The molecule has 1 aromatic heterocycles. The number of aliphatic hydroxyl groups is 1. The van der Waals surface area contributed by atoms with Crippen molar-refractivity contribution in [2.75, 3.05) is 32.9 Å². The van der Waals surface area contributed by atoms with Gasteiger partial charge in [0.2, 0.25) is 10.0 Å². The first-order chi connectivity index (χ1) is 17.7. The summed E-state index contributed by atoms with van der Waals surface area (Å²) < 4.78 is 39.7. The van der Waals surface area contributed by atoms with Gasteiger partial charge in [-0.1, -0.05) is 6.07 Å². The third-order valence-corrected chi connectivity index (χ3v) is 8.01. The highest BCUT2D eigenvalue weighted by Gasteiger charge is 2.33. The van der Waals surface area contributed by atoms with Crippen LogP contribution in [0.25, 0.3) is 10.8 Å². The highest BCUT2D eigenvalue weighted by Crippen LogP contribution is 2.29. The number of carbonyl (C=O) groups is 1. The van der Waals surface area contributed by atoms with Crippen LogP contribution in [0.2, 0.25) is 0 Å². The Kier molecular flexibility index (Phi) is 9.09. The van der Waals surface area contributed by atoms with Crippen LogP contribution in [0.5, 0.6) is 0 Å². The summed E-state index contributed by atoms with van der Waals surface area (Å²) in [5.74, 6) is -0.695. The van der Waals surface area contributed by atoms with E-state index in [9.17, 15) is 33.2 Å². The Balaban J connectivity index is 1.72. The maximum atomic E-state index is 13.3. The van der Waals surface area contributed by atoms with E-state index in [0.29, 0.717) is 23.9 Å². The molecular weight excluding hydrogens is 524 g/mol. The van der Waals surface area contributed by atoms with Crippen molar-refractivity contribution in [3.05, 3.63) is 50.4 Å². The summed E-state index contributed by atoms with van der Waals surface area (Å²) in [5, 5.41) is 19.2. The molecule has 0 amide bonds. The zero-order valence-corrected chi connectivity index (χ0v) is 22.2. The minimum absolute atomic E-state index is 0.0203. The topological polar surface area (TPSA) is 194 Å².